The molecule has 1 amide bonds. The average Bonchev–Trinajstić information content (AvgIpc) is 3.03. The summed E-state index contributed by atoms with van der Waals surface area (Å²) in [6.45, 7) is 0. The van der Waals surface area contributed by atoms with E-state index in [1.807, 2.05) is 0 Å². The number of anilines is 1. The van der Waals surface area contributed by atoms with Crippen molar-refractivity contribution in [1.29, 1.82) is 0 Å². The normalized spacial score (nSPS) is 11.5. The predicted octanol–water partition coefficient (Wildman–Crippen LogP) is 2.32. The third-order valence-corrected chi connectivity index (χ3v) is 6.91. The highest BCUT2D eigenvalue weighted by Crippen LogP contribution is 2.29. The van der Waals surface area contributed by atoms with Gasteiger partial charge in [0.25, 0.3) is 15.9 Å². The fourth-order valence-electron chi connectivity index (χ4n) is 3.45. The second-order valence-electron chi connectivity index (χ2n) is 7.06. The molecule has 32 heavy (non-hydrogen) atoms. The van der Waals surface area contributed by atoms with E-state index >= 15 is 0 Å². The topological polar surface area (TPSA) is 104 Å². The molecule has 4 rings (SSSR count). The molecule has 9 nitrogen and oxygen atoms in total. The molecule has 164 valence electrons. The first kappa shape index (κ1) is 21.3. The SMILES string of the molecule is COc1ccc(N(C(=O)c2ccncc2)S(=O)(=O)c2ccc3c(c2)n(C)c(=O)n3C)cc1. The number of benzene rings is 2. The summed E-state index contributed by atoms with van der Waals surface area (Å²) in [5, 5.41) is 0. The highest BCUT2D eigenvalue weighted by Gasteiger charge is 2.32. The van der Waals surface area contributed by atoms with Crippen LogP contribution in [-0.2, 0) is 24.1 Å². The van der Waals surface area contributed by atoms with Crippen LogP contribution >= 0.6 is 0 Å². The molecule has 0 aliphatic heterocycles. The van der Waals surface area contributed by atoms with Crippen molar-refractivity contribution < 1.29 is 17.9 Å². The predicted molar refractivity (Wildman–Crippen MR) is 119 cm³/mol. The summed E-state index contributed by atoms with van der Waals surface area (Å²) in [4.78, 5) is 29.4. The molecule has 0 saturated heterocycles. The largest absolute Gasteiger partial charge is 0.497 e. The van der Waals surface area contributed by atoms with Gasteiger partial charge in [0, 0.05) is 32.1 Å². The Morgan fingerprint density at radius 3 is 2.19 bits per heavy atom. The molecule has 0 N–H and O–H groups in total. The van der Waals surface area contributed by atoms with Crippen LogP contribution in [0.1, 0.15) is 10.4 Å². The van der Waals surface area contributed by atoms with Gasteiger partial charge < -0.3 is 4.74 Å². The van der Waals surface area contributed by atoms with Crippen molar-refractivity contribution in [2.75, 3.05) is 11.4 Å². The molecule has 10 heteroatoms. The van der Waals surface area contributed by atoms with Crippen molar-refractivity contribution in [2.45, 2.75) is 4.90 Å². The summed E-state index contributed by atoms with van der Waals surface area (Å²) in [7, 11) is 0.323. The van der Waals surface area contributed by atoms with Crippen LogP contribution in [0, 0.1) is 0 Å². The van der Waals surface area contributed by atoms with Crippen LogP contribution in [0.25, 0.3) is 11.0 Å². The summed E-state index contributed by atoms with van der Waals surface area (Å²) in [5.41, 5.74) is 1.04. The molecule has 2 aromatic carbocycles. The molecule has 2 aromatic heterocycles. The smallest absolute Gasteiger partial charge is 0.328 e. The fourth-order valence-corrected chi connectivity index (χ4v) is 4.88. The Bertz CT molecular complexity index is 1470. The number of carbonyl (C=O) groups is 1. The number of imidazole rings is 1. The van der Waals surface area contributed by atoms with Gasteiger partial charge in [0.1, 0.15) is 5.75 Å². The lowest BCUT2D eigenvalue weighted by Crippen LogP contribution is -2.37. The van der Waals surface area contributed by atoms with Gasteiger partial charge in [-0.05, 0) is 54.6 Å². The molecule has 0 unspecified atom stereocenters. The summed E-state index contributed by atoms with van der Waals surface area (Å²) in [6, 6.07) is 13.3. The first-order chi connectivity index (χ1) is 15.3. The number of sulfonamides is 1. The molecule has 0 radical (unpaired) electrons. The van der Waals surface area contributed by atoms with Crippen LogP contribution in [0.2, 0.25) is 0 Å². The van der Waals surface area contributed by atoms with Gasteiger partial charge in [-0.2, -0.15) is 4.31 Å². The van der Waals surface area contributed by atoms with E-state index < -0.39 is 15.9 Å². The van der Waals surface area contributed by atoms with Crippen molar-refractivity contribution in [2.24, 2.45) is 14.1 Å². The molecule has 0 fully saturated rings. The number of pyridine rings is 1. The van der Waals surface area contributed by atoms with E-state index in [4.69, 9.17) is 4.74 Å². The summed E-state index contributed by atoms with van der Waals surface area (Å²) >= 11 is 0. The molecule has 0 bridgehead atoms. The molecule has 0 saturated carbocycles. The Balaban J connectivity index is 1.91. The zero-order chi connectivity index (χ0) is 23.0. The molecular formula is C22H20N4O5S. The molecule has 0 aliphatic rings. The first-order valence-corrected chi connectivity index (χ1v) is 11.0. The van der Waals surface area contributed by atoms with Gasteiger partial charge in [-0.25, -0.2) is 13.2 Å². The van der Waals surface area contributed by atoms with E-state index in [1.165, 1.54) is 65.0 Å². The lowest BCUT2D eigenvalue weighted by Gasteiger charge is -2.23. The number of aryl methyl sites for hydroxylation is 2. The van der Waals surface area contributed by atoms with E-state index in [0.29, 0.717) is 16.8 Å². The number of fused-ring (bicyclic) bond motifs is 1. The van der Waals surface area contributed by atoms with E-state index in [9.17, 15) is 18.0 Å². The molecular weight excluding hydrogens is 432 g/mol. The lowest BCUT2D eigenvalue weighted by molar-refractivity contribution is 0.100. The number of methoxy groups -OCH3 is 1. The minimum absolute atomic E-state index is 0.121. The number of carbonyl (C=O) groups excluding carboxylic acids is 1. The van der Waals surface area contributed by atoms with Gasteiger partial charge >= 0.3 is 5.69 Å². The quantitative estimate of drug-likeness (QED) is 0.460. The van der Waals surface area contributed by atoms with Crippen LogP contribution < -0.4 is 14.7 Å². The van der Waals surface area contributed by atoms with Gasteiger partial charge in [0.2, 0.25) is 0 Å². The van der Waals surface area contributed by atoms with E-state index in [0.717, 1.165) is 4.31 Å². The molecule has 0 atom stereocenters. The van der Waals surface area contributed by atoms with Gasteiger partial charge in [0.05, 0.1) is 28.7 Å². The second kappa shape index (κ2) is 7.97. The van der Waals surface area contributed by atoms with Crippen LogP contribution in [0.15, 0.2) is 76.7 Å². The van der Waals surface area contributed by atoms with E-state index in [-0.39, 0.29) is 21.8 Å². The van der Waals surface area contributed by atoms with E-state index in [2.05, 4.69) is 4.98 Å². The Kier molecular flexibility index (Phi) is 5.31. The van der Waals surface area contributed by atoms with Crippen LogP contribution in [-0.4, -0.2) is 35.6 Å². The highest BCUT2D eigenvalue weighted by molar-refractivity contribution is 7.93. The van der Waals surface area contributed by atoms with Gasteiger partial charge in [-0.15, -0.1) is 0 Å². The summed E-state index contributed by atoms with van der Waals surface area (Å²) < 4.78 is 36.1. The molecule has 2 heterocycles. The zero-order valence-corrected chi connectivity index (χ0v) is 18.4. The van der Waals surface area contributed by atoms with Crippen LogP contribution in [0.5, 0.6) is 5.75 Å². The van der Waals surface area contributed by atoms with Crippen molar-refractivity contribution in [3.63, 3.8) is 0 Å². The highest BCUT2D eigenvalue weighted by atomic mass is 32.2. The van der Waals surface area contributed by atoms with Crippen molar-refractivity contribution >= 4 is 32.7 Å². The molecule has 4 aromatic rings. The van der Waals surface area contributed by atoms with Crippen molar-refractivity contribution in [1.82, 2.24) is 14.1 Å². The Morgan fingerprint density at radius 2 is 1.56 bits per heavy atom. The Labute approximate surface area is 184 Å². The van der Waals surface area contributed by atoms with Gasteiger partial charge in [-0.3, -0.25) is 18.9 Å². The third kappa shape index (κ3) is 3.44. The average molecular weight is 452 g/mol. The monoisotopic (exact) mass is 452 g/mol. The second-order valence-corrected chi connectivity index (χ2v) is 8.85. The minimum Gasteiger partial charge on any atom is -0.497 e. The summed E-state index contributed by atoms with van der Waals surface area (Å²) in [5.74, 6) is -0.220. The zero-order valence-electron chi connectivity index (χ0n) is 17.6. The molecule has 0 aliphatic carbocycles. The lowest BCUT2D eigenvalue weighted by atomic mass is 10.2. The number of hydrogen-bond acceptors (Lipinski definition) is 6. The summed E-state index contributed by atoms with van der Waals surface area (Å²) in [6.07, 6.45) is 2.83. The number of ether oxygens (including phenoxy) is 1. The number of rotatable bonds is 5. The molecule has 0 spiro atoms. The maximum absolute atomic E-state index is 13.7. The fraction of sp³-hybridized carbons (Fsp3) is 0.136. The maximum atomic E-state index is 13.7. The Morgan fingerprint density at radius 1 is 0.938 bits per heavy atom. The van der Waals surface area contributed by atoms with Gasteiger partial charge in [-0.1, -0.05) is 0 Å². The maximum Gasteiger partial charge on any atom is 0.328 e. The number of hydrogen-bond donors (Lipinski definition) is 0. The van der Waals surface area contributed by atoms with Crippen molar-refractivity contribution in [3.8, 4) is 5.75 Å². The van der Waals surface area contributed by atoms with Crippen LogP contribution in [0.4, 0.5) is 5.69 Å². The first-order valence-electron chi connectivity index (χ1n) is 9.55. The van der Waals surface area contributed by atoms with E-state index in [1.54, 1.807) is 32.3 Å². The number of amides is 1. The standard InChI is InChI=1S/C22H20N4O5S/c1-24-19-9-8-18(14-20(19)25(2)22(24)28)32(29,30)26(16-4-6-17(31-3)7-5-16)21(27)15-10-12-23-13-11-15/h4-14H,1-3H3. The Hall–Kier alpha value is -3.92. The van der Waals surface area contributed by atoms with Gasteiger partial charge in [0.15, 0.2) is 0 Å². The van der Waals surface area contributed by atoms with Crippen LogP contribution in [0.3, 0.4) is 0 Å². The number of nitrogens with zero attached hydrogens (tertiary/aromatic N) is 4. The number of aromatic nitrogens is 3. The van der Waals surface area contributed by atoms with Crippen molar-refractivity contribution in [3.05, 3.63) is 83.0 Å². The minimum atomic E-state index is -4.33. The third-order valence-electron chi connectivity index (χ3n) is 5.20.